The molecule has 2 atom stereocenters. The van der Waals surface area contributed by atoms with Crippen molar-refractivity contribution in [2.45, 2.75) is 30.9 Å². The molecular weight excluding hydrogens is 572 g/mol. The zero-order chi connectivity index (χ0) is 29.2. The van der Waals surface area contributed by atoms with Gasteiger partial charge in [-0.25, -0.2) is 14.8 Å². The van der Waals surface area contributed by atoms with Gasteiger partial charge >= 0.3 is 5.97 Å². The van der Waals surface area contributed by atoms with Crippen LogP contribution in [0.5, 0.6) is 5.75 Å². The lowest BCUT2D eigenvalue weighted by Crippen LogP contribution is -2.70. The number of hydrogen-bond acceptors (Lipinski definition) is 9. The van der Waals surface area contributed by atoms with Gasteiger partial charge in [-0.2, -0.15) is 0 Å². The number of aromatic hydroxyl groups is 1. The first-order valence-electron chi connectivity index (χ1n) is 13.2. The van der Waals surface area contributed by atoms with Gasteiger partial charge in [-0.1, -0.05) is 60.7 Å². The molecule has 0 aliphatic carbocycles. The normalized spacial score (nSPS) is 18.0. The Balaban J connectivity index is 1.14. The van der Waals surface area contributed by atoms with E-state index < -0.39 is 23.5 Å². The molecule has 0 bridgehead atoms. The van der Waals surface area contributed by atoms with Crippen molar-refractivity contribution >= 4 is 40.9 Å². The Morgan fingerprint density at radius 2 is 1.76 bits per heavy atom. The number of esters is 1. The zero-order valence-corrected chi connectivity index (χ0v) is 24.1. The second kappa shape index (κ2) is 11.8. The summed E-state index contributed by atoms with van der Waals surface area (Å²) in [5.41, 5.74) is 3.46. The van der Waals surface area contributed by atoms with Crippen molar-refractivity contribution in [3.8, 4) is 16.5 Å². The zero-order valence-electron chi connectivity index (χ0n) is 22.5. The average Bonchev–Trinajstić information content (AvgIpc) is 3.47. The monoisotopic (exact) mass is 598 g/mol. The van der Waals surface area contributed by atoms with Crippen molar-refractivity contribution < 1.29 is 24.2 Å². The molecule has 6 rings (SSSR count). The third-order valence-electron chi connectivity index (χ3n) is 6.98. The van der Waals surface area contributed by atoms with Gasteiger partial charge in [0, 0.05) is 17.3 Å². The second-order valence-electron chi connectivity index (χ2n) is 9.88. The number of ether oxygens (including phenoxy) is 1. The maximum absolute atomic E-state index is 13.6. The number of hydrogen-bond donors (Lipinski definition) is 2. The van der Waals surface area contributed by atoms with Crippen molar-refractivity contribution in [2.75, 3.05) is 5.75 Å². The molecule has 2 aromatic carbocycles. The van der Waals surface area contributed by atoms with Crippen LogP contribution in [0.3, 0.4) is 0 Å². The van der Waals surface area contributed by atoms with Gasteiger partial charge in [0.1, 0.15) is 33.6 Å². The van der Waals surface area contributed by atoms with E-state index in [1.54, 1.807) is 17.6 Å². The second-order valence-corrected chi connectivity index (χ2v) is 11.8. The summed E-state index contributed by atoms with van der Waals surface area (Å²) in [7, 11) is 0. The molecule has 2 amide bonds. The van der Waals surface area contributed by atoms with Crippen LogP contribution in [0, 0.1) is 0 Å². The number of rotatable bonds is 8. The highest BCUT2D eigenvalue weighted by Crippen LogP contribution is 2.41. The van der Waals surface area contributed by atoms with E-state index in [1.807, 2.05) is 67.6 Å². The van der Waals surface area contributed by atoms with Gasteiger partial charge in [0.15, 0.2) is 6.10 Å². The van der Waals surface area contributed by atoms with Crippen LogP contribution in [-0.4, -0.2) is 54.9 Å². The molecule has 0 radical (unpaired) electrons. The van der Waals surface area contributed by atoms with E-state index in [2.05, 4.69) is 15.3 Å². The lowest BCUT2D eigenvalue weighted by Gasteiger charge is -2.49. The highest BCUT2D eigenvalue weighted by molar-refractivity contribution is 8.00. The first kappa shape index (κ1) is 27.7. The number of carbonyl (C=O) groups is 3. The van der Waals surface area contributed by atoms with Crippen LogP contribution in [0.15, 0.2) is 95.6 Å². The molecule has 4 heterocycles. The third-order valence-corrected chi connectivity index (χ3v) is 9.30. The molecule has 0 spiro atoms. The van der Waals surface area contributed by atoms with E-state index in [9.17, 15) is 19.5 Å². The fourth-order valence-corrected chi connectivity index (χ4v) is 7.07. The Bertz CT molecular complexity index is 1640. The van der Waals surface area contributed by atoms with Crippen molar-refractivity contribution in [1.29, 1.82) is 0 Å². The van der Waals surface area contributed by atoms with E-state index in [1.165, 1.54) is 34.1 Å². The quantitative estimate of drug-likeness (QED) is 0.225. The van der Waals surface area contributed by atoms with Crippen LogP contribution in [-0.2, 0) is 25.5 Å². The largest absolute Gasteiger partial charge is 0.506 e. The molecule has 2 aliphatic heterocycles. The summed E-state index contributed by atoms with van der Waals surface area (Å²) in [6.07, 6.45) is 0.879. The molecule has 42 heavy (non-hydrogen) atoms. The SMILES string of the molecule is CC1=C(C(=O)OC(c2ccccc2)c2ccccc2)N2C(=O)[C@@H](NC(=O)Cc3csc(-c4ncccc4O)n3)[C@H]2SC1. The van der Waals surface area contributed by atoms with Crippen molar-refractivity contribution in [3.05, 3.63) is 112 Å². The molecule has 0 unspecified atom stereocenters. The lowest BCUT2D eigenvalue weighted by molar-refractivity contribution is -0.154. The number of pyridine rings is 1. The molecule has 9 nitrogen and oxygen atoms in total. The number of nitrogens with zero attached hydrogens (tertiary/aromatic N) is 3. The van der Waals surface area contributed by atoms with Crippen molar-refractivity contribution in [2.24, 2.45) is 0 Å². The summed E-state index contributed by atoms with van der Waals surface area (Å²) in [4.78, 5) is 49.8. The Labute approximate surface area is 250 Å². The number of aromatic nitrogens is 2. The van der Waals surface area contributed by atoms with Crippen LogP contribution in [0.4, 0.5) is 0 Å². The van der Waals surface area contributed by atoms with Crippen LogP contribution in [0.1, 0.15) is 29.8 Å². The summed E-state index contributed by atoms with van der Waals surface area (Å²) in [6, 6.07) is 21.3. The molecule has 2 N–H and O–H groups in total. The van der Waals surface area contributed by atoms with Gasteiger partial charge in [0.25, 0.3) is 5.91 Å². The first-order chi connectivity index (χ1) is 20.4. The van der Waals surface area contributed by atoms with Gasteiger partial charge in [-0.3, -0.25) is 14.5 Å². The van der Waals surface area contributed by atoms with Crippen LogP contribution in [0.25, 0.3) is 10.7 Å². The minimum Gasteiger partial charge on any atom is -0.506 e. The summed E-state index contributed by atoms with van der Waals surface area (Å²) in [6.45, 7) is 1.82. The van der Waals surface area contributed by atoms with Crippen LogP contribution in [0.2, 0.25) is 0 Å². The van der Waals surface area contributed by atoms with Gasteiger partial charge in [0.05, 0.1) is 12.1 Å². The number of nitrogens with one attached hydrogen (secondary N) is 1. The van der Waals surface area contributed by atoms with Crippen LogP contribution < -0.4 is 5.32 Å². The van der Waals surface area contributed by atoms with Gasteiger partial charge in [-0.05, 0) is 35.8 Å². The van der Waals surface area contributed by atoms with Gasteiger partial charge in [0.2, 0.25) is 5.91 Å². The number of amides is 2. The molecule has 212 valence electrons. The fourth-order valence-electron chi connectivity index (χ4n) is 4.96. The maximum Gasteiger partial charge on any atom is 0.356 e. The number of thiazole rings is 1. The standard InChI is InChI=1S/C31H26N4O5S2/c1-18-16-42-30-25(34-23(37)15-21-17-41-28(33-21)24-22(36)13-8-14-32-24)29(38)35(30)26(18)31(39)40-27(19-9-4-2-5-10-19)20-11-6-3-7-12-20/h2-14,17,25,27,30,36H,15-16H2,1H3,(H,34,37)/t25-,30-/m1/s1. The van der Waals surface area contributed by atoms with Crippen molar-refractivity contribution in [3.63, 3.8) is 0 Å². The molecule has 4 aromatic rings. The molecule has 11 heteroatoms. The minimum atomic E-state index is -0.768. The maximum atomic E-state index is 13.6. The van der Waals surface area contributed by atoms with E-state index in [0.717, 1.165) is 16.7 Å². The highest BCUT2D eigenvalue weighted by Gasteiger charge is 2.54. The summed E-state index contributed by atoms with van der Waals surface area (Å²) < 4.78 is 6.06. The number of carbonyl (C=O) groups excluding carboxylic acids is 3. The Morgan fingerprint density at radius 1 is 1.07 bits per heavy atom. The summed E-state index contributed by atoms with van der Waals surface area (Å²) >= 11 is 2.76. The van der Waals surface area contributed by atoms with Crippen molar-refractivity contribution in [1.82, 2.24) is 20.2 Å². The highest BCUT2D eigenvalue weighted by atomic mass is 32.2. The summed E-state index contributed by atoms with van der Waals surface area (Å²) in [5.74, 6) is -0.773. The Hall–Kier alpha value is -4.48. The average molecular weight is 599 g/mol. The van der Waals surface area contributed by atoms with E-state index >= 15 is 0 Å². The van der Waals surface area contributed by atoms with E-state index in [-0.39, 0.29) is 29.7 Å². The Morgan fingerprint density at radius 3 is 2.43 bits per heavy atom. The topological polar surface area (TPSA) is 122 Å². The number of β-lactam (4-membered cyclic amide) rings is 1. The molecular formula is C31H26N4O5S2. The minimum absolute atomic E-state index is 0.00821. The molecule has 2 aromatic heterocycles. The van der Waals surface area contributed by atoms with Gasteiger partial charge < -0.3 is 15.2 Å². The van der Waals surface area contributed by atoms with E-state index in [0.29, 0.717) is 22.1 Å². The third kappa shape index (κ3) is 5.40. The molecule has 1 saturated heterocycles. The molecule has 0 saturated carbocycles. The van der Waals surface area contributed by atoms with Gasteiger partial charge in [-0.15, -0.1) is 23.1 Å². The predicted molar refractivity (Wildman–Crippen MR) is 159 cm³/mol. The molecule has 1 fully saturated rings. The van der Waals surface area contributed by atoms with E-state index in [4.69, 9.17) is 4.74 Å². The lowest BCUT2D eigenvalue weighted by atomic mass is 10.0. The number of benzene rings is 2. The smallest absolute Gasteiger partial charge is 0.356 e. The fraction of sp³-hybridized carbons (Fsp3) is 0.194. The van der Waals surface area contributed by atoms with Crippen LogP contribution >= 0.6 is 23.1 Å². The predicted octanol–water partition coefficient (Wildman–Crippen LogP) is 4.46. The summed E-state index contributed by atoms with van der Waals surface area (Å²) in [5, 5.41) is 14.7. The number of thioether (sulfide) groups is 1. The Kier molecular flexibility index (Phi) is 7.77. The molecule has 2 aliphatic rings. The number of fused-ring (bicyclic) bond motifs is 1. The first-order valence-corrected chi connectivity index (χ1v) is 15.2.